The first kappa shape index (κ1) is 12.1. The van der Waals surface area contributed by atoms with Gasteiger partial charge in [0.05, 0.1) is 6.04 Å². The predicted molar refractivity (Wildman–Crippen MR) is 52.3 cm³/mol. The minimum absolute atomic E-state index is 0.0255. The van der Waals surface area contributed by atoms with Crippen molar-refractivity contribution < 1.29 is 9.59 Å². The summed E-state index contributed by atoms with van der Waals surface area (Å²) in [4.78, 5) is 22.6. The van der Waals surface area contributed by atoms with Gasteiger partial charge in [0.1, 0.15) is 0 Å². The van der Waals surface area contributed by atoms with Crippen LogP contribution in [0.25, 0.3) is 0 Å². The Kier molecular flexibility index (Phi) is 4.67. The van der Waals surface area contributed by atoms with Crippen molar-refractivity contribution in [3.05, 3.63) is 0 Å². The van der Waals surface area contributed by atoms with Gasteiger partial charge in [-0.25, -0.2) is 0 Å². The van der Waals surface area contributed by atoms with E-state index in [1.807, 2.05) is 27.7 Å². The number of rotatable bonds is 4. The van der Waals surface area contributed by atoms with Gasteiger partial charge in [0.2, 0.25) is 5.91 Å². The summed E-state index contributed by atoms with van der Waals surface area (Å²) in [6.07, 6.45) is 0. The molecule has 0 aliphatic rings. The minimum atomic E-state index is -0.366. The first-order valence-electron chi connectivity index (χ1n) is 4.70. The quantitative estimate of drug-likeness (QED) is 0.535. The Bertz CT molecular complexity index is 197. The Morgan fingerprint density at radius 2 is 1.54 bits per heavy atom. The highest BCUT2D eigenvalue weighted by Gasteiger charge is 2.19. The van der Waals surface area contributed by atoms with Gasteiger partial charge in [0.25, 0.3) is 0 Å². The van der Waals surface area contributed by atoms with E-state index in [2.05, 4.69) is 5.32 Å². The first-order valence-corrected chi connectivity index (χ1v) is 4.70. The summed E-state index contributed by atoms with van der Waals surface area (Å²) < 4.78 is 0. The molecule has 76 valence electrons. The Morgan fingerprint density at radius 3 is 1.85 bits per heavy atom. The number of Topliss-reactive ketones (excluding diaryl/α,β-unsaturated/α-hetero) is 1. The highest BCUT2D eigenvalue weighted by molar-refractivity contribution is 5.90. The monoisotopic (exact) mass is 188 g/mol. The predicted octanol–water partition coefficient (Wildman–Crippen LogP) is 1.37. The summed E-state index contributed by atoms with van der Waals surface area (Å²) >= 11 is 0. The highest BCUT2D eigenvalue weighted by atomic mass is 18.1. The molecule has 0 aromatic rings. The van der Waals surface area contributed by atoms with E-state index in [9.17, 15) is 9.59 Å². The smallest absolute Gasteiger partial charge is 0.223 e. The first-order chi connectivity index (χ1) is 5.86. The maximum absolute atomic E-state index is 11.4. The van der Waals surface area contributed by atoms with Crippen molar-refractivity contribution in [1.29, 1.82) is 0 Å². The molecule has 0 spiro atoms. The van der Waals surface area contributed by atoms with Gasteiger partial charge in [-0.2, -0.15) is 0 Å². The average molecular weight is 188 g/mol. The van der Waals surface area contributed by atoms with Crippen LogP contribution in [0.1, 0.15) is 34.6 Å². The van der Waals surface area contributed by atoms with Crippen LogP contribution >= 0.6 is 0 Å². The molecular formula is C10H19NO2. The Balaban J connectivity index is 4.08. The van der Waals surface area contributed by atoms with Crippen molar-refractivity contribution in [2.24, 2.45) is 11.8 Å². The fourth-order valence-electron chi connectivity index (χ4n) is 0.951. The molecule has 13 heavy (non-hydrogen) atoms. The normalized spacial score (nSPS) is 13.2. The molecule has 0 radical (unpaired) electrons. The summed E-state index contributed by atoms with van der Waals surface area (Å²) in [6, 6.07) is -0.366. The molecule has 3 nitrogen and oxygen atoms in total. The fourth-order valence-corrected chi connectivity index (χ4v) is 0.951. The lowest BCUT2D eigenvalue weighted by Crippen LogP contribution is -2.42. The zero-order chi connectivity index (χ0) is 10.6. The number of nitrogens with one attached hydrogen (secondary N) is 1. The van der Waals surface area contributed by atoms with Crippen LogP contribution < -0.4 is 5.32 Å². The number of carbonyl (C=O) groups excluding carboxylic acids is 2. The molecule has 0 aromatic heterocycles. The second-order valence-electron chi connectivity index (χ2n) is 3.94. The number of carbonyl (C=O) groups is 2. The van der Waals surface area contributed by atoms with Crippen molar-refractivity contribution in [1.82, 2.24) is 5.32 Å². The summed E-state index contributed by atoms with van der Waals surface area (Å²) in [5.41, 5.74) is 0. The van der Waals surface area contributed by atoms with Gasteiger partial charge >= 0.3 is 0 Å². The van der Waals surface area contributed by atoms with Gasteiger partial charge in [-0.1, -0.05) is 27.7 Å². The van der Waals surface area contributed by atoms with E-state index in [0.29, 0.717) is 0 Å². The Labute approximate surface area is 79.9 Å². The third kappa shape index (κ3) is 4.06. The van der Waals surface area contributed by atoms with Gasteiger partial charge in [0, 0.05) is 11.8 Å². The van der Waals surface area contributed by atoms with Crippen LogP contribution in [0.5, 0.6) is 0 Å². The molecule has 0 aliphatic heterocycles. The number of hydrogen-bond acceptors (Lipinski definition) is 2. The van der Waals surface area contributed by atoms with Crippen LogP contribution in [0.3, 0.4) is 0 Å². The van der Waals surface area contributed by atoms with Gasteiger partial charge in [-0.05, 0) is 6.92 Å². The van der Waals surface area contributed by atoms with E-state index >= 15 is 0 Å². The molecule has 1 unspecified atom stereocenters. The van der Waals surface area contributed by atoms with Gasteiger partial charge in [-0.3, -0.25) is 9.59 Å². The van der Waals surface area contributed by atoms with Crippen molar-refractivity contribution in [2.75, 3.05) is 0 Å². The van der Waals surface area contributed by atoms with Crippen LogP contribution in [0.4, 0.5) is 0 Å². The standard InChI is InChI=1S/C10H19NO2/c1-6(2)9(12)8(5)11-10(13)7(3)4/h6-8H,1-5H3,(H,11,13)/i10+1,13+2. The van der Waals surface area contributed by atoms with E-state index in [1.54, 1.807) is 6.92 Å². The van der Waals surface area contributed by atoms with E-state index in [1.165, 1.54) is 0 Å². The molecule has 0 rings (SSSR count). The van der Waals surface area contributed by atoms with Crippen molar-refractivity contribution in [3.8, 4) is 0 Å². The minimum Gasteiger partial charge on any atom is -0.346 e. The Morgan fingerprint density at radius 1 is 1.08 bits per heavy atom. The van der Waals surface area contributed by atoms with Crippen molar-refractivity contribution in [3.63, 3.8) is 0 Å². The zero-order valence-electron chi connectivity index (χ0n) is 9.05. The number of amides is 1. The molecule has 1 amide bonds. The second-order valence-corrected chi connectivity index (χ2v) is 3.94. The molecule has 0 aromatic carbocycles. The molecule has 0 aliphatic carbocycles. The highest BCUT2D eigenvalue weighted by Crippen LogP contribution is 2.00. The van der Waals surface area contributed by atoms with Crippen molar-refractivity contribution in [2.45, 2.75) is 40.7 Å². The topological polar surface area (TPSA) is 46.2 Å². The molecule has 0 heterocycles. The van der Waals surface area contributed by atoms with E-state index in [4.69, 9.17) is 0 Å². The lowest BCUT2D eigenvalue weighted by atomic mass is 10.0. The molecule has 0 saturated carbocycles. The van der Waals surface area contributed by atoms with Crippen molar-refractivity contribution >= 4 is 11.7 Å². The molecule has 0 saturated heterocycles. The van der Waals surface area contributed by atoms with Crippen LogP contribution in [0, 0.1) is 11.8 Å². The molecule has 1 atom stereocenters. The van der Waals surface area contributed by atoms with Gasteiger partial charge in [-0.15, -0.1) is 0 Å². The molecular weight excluding hydrogens is 169 g/mol. The summed E-state index contributed by atoms with van der Waals surface area (Å²) in [5, 5.41) is 2.67. The van der Waals surface area contributed by atoms with Crippen LogP contribution in [0.15, 0.2) is 0 Å². The van der Waals surface area contributed by atoms with Crippen LogP contribution in [-0.2, 0) is 9.59 Å². The molecule has 0 bridgehead atoms. The van der Waals surface area contributed by atoms with Gasteiger partial charge in [0.15, 0.2) is 5.78 Å². The zero-order valence-corrected chi connectivity index (χ0v) is 9.05. The van der Waals surface area contributed by atoms with E-state index in [-0.39, 0.29) is 29.6 Å². The second kappa shape index (κ2) is 5.00. The summed E-state index contributed by atoms with van der Waals surface area (Å²) in [7, 11) is 0. The number of hydrogen-bond donors (Lipinski definition) is 1. The Hall–Kier alpha value is -0.860. The van der Waals surface area contributed by atoms with E-state index < -0.39 is 0 Å². The third-order valence-electron chi connectivity index (χ3n) is 1.88. The summed E-state index contributed by atoms with van der Waals surface area (Å²) in [6.45, 7) is 9.01. The lowest BCUT2D eigenvalue weighted by molar-refractivity contribution is -0.130. The van der Waals surface area contributed by atoms with Crippen LogP contribution in [-0.4, -0.2) is 17.7 Å². The van der Waals surface area contributed by atoms with E-state index in [0.717, 1.165) is 0 Å². The average Bonchev–Trinajstić information content (AvgIpc) is 2.02. The third-order valence-corrected chi connectivity index (χ3v) is 1.88. The lowest BCUT2D eigenvalue weighted by Gasteiger charge is -2.16. The van der Waals surface area contributed by atoms with Crippen LogP contribution in [0.2, 0.25) is 0 Å². The number of ketones is 1. The van der Waals surface area contributed by atoms with Gasteiger partial charge < -0.3 is 5.32 Å². The largest absolute Gasteiger partial charge is 0.346 e. The SMILES string of the molecule is CC(C)C(=O)C(C)N[13C](=[18O])C(C)C. The maximum atomic E-state index is 11.4. The summed E-state index contributed by atoms with van der Waals surface area (Å²) in [5.74, 6) is -0.0830. The molecule has 0 fully saturated rings. The molecule has 1 N–H and O–H groups in total. The fraction of sp³-hybridized carbons (Fsp3) is 0.800. The molecule has 3 heteroatoms. The maximum Gasteiger partial charge on any atom is 0.223 e.